The van der Waals surface area contributed by atoms with Crippen LogP contribution in [0.1, 0.15) is 10.4 Å². The summed E-state index contributed by atoms with van der Waals surface area (Å²) in [5, 5.41) is 5.40. The van der Waals surface area contributed by atoms with Gasteiger partial charge in [0.2, 0.25) is 0 Å². The summed E-state index contributed by atoms with van der Waals surface area (Å²) in [4.78, 5) is 17.9. The maximum absolute atomic E-state index is 12.3. The number of pyridine rings is 1. The van der Waals surface area contributed by atoms with Crippen LogP contribution < -0.4 is 0 Å². The lowest BCUT2D eigenvalue weighted by molar-refractivity contribution is 0.0827. The van der Waals surface area contributed by atoms with Crippen LogP contribution >= 0.6 is 0 Å². The van der Waals surface area contributed by atoms with Crippen molar-refractivity contribution in [2.24, 2.45) is 0 Å². The van der Waals surface area contributed by atoms with Crippen molar-refractivity contribution in [1.29, 1.82) is 0 Å². The van der Waals surface area contributed by atoms with E-state index in [0.29, 0.717) is 11.3 Å². The van der Waals surface area contributed by atoms with E-state index in [1.165, 1.54) is 0 Å². The molecule has 0 aliphatic heterocycles. The largest absolute Gasteiger partial charge is 0.345 e. The van der Waals surface area contributed by atoms with Crippen molar-refractivity contribution in [1.82, 2.24) is 19.7 Å². The zero-order valence-corrected chi connectivity index (χ0v) is 11.3. The molecule has 0 saturated carbocycles. The first-order valence-corrected chi connectivity index (χ1v) is 6.27. The standard InChI is InChI=1S/C15H14N4O/c1-18(2)15(20)12-7-8-16-10-14(12)19-13-6-4-3-5-11(13)9-17-19/h3-10H,1-2H3. The molecule has 0 radical (unpaired) electrons. The van der Waals surface area contributed by atoms with Gasteiger partial charge in [0.1, 0.15) is 0 Å². The average molecular weight is 266 g/mol. The first kappa shape index (κ1) is 12.3. The minimum atomic E-state index is -0.0676. The maximum atomic E-state index is 12.3. The van der Waals surface area contributed by atoms with E-state index in [9.17, 15) is 4.79 Å². The molecule has 3 rings (SSSR count). The molecule has 1 aromatic carbocycles. The zero-order chi connectivity index (χ0) is 14.1. The molecule has 0 aliphatic carbocycles. The van der Waals surface area contributed by atoms with Gasteiger partial charge in [0.15, 0.2) is 0 Å². The van der Waals surface area contributed by atoms with Crippen LogP contribution in [0.5, 0.6) is 0 Å². The smallest absolute Gasteiger partial charge is 0.255 e. The Bertz CT molecular complexity index is 776. The summed E-state index contributed by atoms with van der Waals surface area (Å²) in [5.41, 5.74) is 2.22. The van der Waals surface area contributed by atoms with Gasteiger partial charge in [-0.2, -0.15) is 5.10 Å². The van der Waals surface area contributed by atoms with Gasteiger partial charge >= 0.3 is 0 Å². The van der Waals surface area contributed by atoms with E-state index in [1.54, 1.807) is 48.3 Å². The molecule has 0 fully saturated rings. The fraction of sp³-hybridized carbons (Fsp3) is 0.133. The molecule has 20 heavy (non-hydrogen) atoms. The Hall–Kier alpha value is -2.69. The molecule has 0 spiro atoms. The predicted octanol–water partition coefficient (Wildman–Crippen LogP) is 2.12. The maximum Gasteiger partial charge on any atom is 0.255 e. The summed E-state index contributed by atoms with van der Waals surface area (Å²) in [5.74, 6) is -0.0676. The minimum Gasteiger partial charge on any atom is -0.345 e. The molecule has 100 valence electrons. The number of benzene rings is 1. The first-order chi connectivity index (χ1) is 9.68. The van der Waals surface area contributed by atoms with E-state index in [0.717, 1.165) is 10.9 Å². The molecule has 3 aromatic rings. The lowest BCUT2D eigenvalue weighted by atomic mass is 10.2. The lowest BCUT2D eigenvalue weighted by Crippen LogP contribution is -2.23. The van der Waals surface area contributed by atoms with Crippen LogP contribution in [0.2, 0.25) is 0 Å². The van der Waals surface area contributed by atoms with Gasteiger partial charge in [-0.05, 0) is 12.1 Å². The molecule has 5 heteroatoms. The monoisotopic (exact) mass is 266 g/mol. The molecule has 0 N–H and O–H groups in total. The third-order valence-electron chi connectivity index (χ3n) is 3.14. The first-order valence-electron chi connectivity index (χ1n) is 6.27. The van der Waals surface area contributed by atoms with Gasteiger partial charge in [0, 0.05) is 25.7 Å². The average Bonchev–Trinajstić information content (AvgIpc) is 2.90. The highest BCUT2D eigenvalue weighted by molar-refractivity contribution is 5.98. The summed E-state index contributed by atoms with van der Waals surface area (Å²) in [7, 11) is 3.46. The minimum absolute atomic E-state index is 0.0676. The summed E-state index contributed by atoms with van der Waals surface area (Å²) >= 11 is 0. The Kier molecular flexibility index (Phi) is 2.95. The Morgan fingerprint density at radius 1 is 1.15 bits per heavy atom. The third kappa shape index (κ3) is 1.93. The second-order valence-electron chi connectivity index (χ2n) is 4.71. The Balaban J connectivity index is 2.22. The predicted molar refractivity (Wildman–Crippen MR) is 76.9 cm³/mol. The number of para-hydroxylation sites is 1. The fourth-order valence-electron chi connectivity index (χ4n) is 2.14. The number of nitrogens with zero attached hydrogens (tertiary/aromatic N) is 4. The fourth-order valence-corrected chi connectivity index (χ4v) is 2.14. The van der Waals surface area contributed by atoms with Crippen LogP contribution in [-0.2, 0) is 0 Å². The number of carbonyl (C=O) groups is 1. The summed E-state index contributed by atoms with van der Waals surface area (Å²) in [6, 6.07) is 9.59. The van der Waals surface area contributed by atoms with Crippen molar-refractivity contribution in [2.45, 2.75) is 0 Å². The molecule has 0 unspecified atom stereocenters. The van der Waals surface area contributed by atoms with Crippen LogP contribution in [-0.4, -0.2) is 39.7 Å². The van der Waals surface area contributed by atoms with Crippen LogP contribution in [0.3, 0.4) is 0 Å². The number of rotatable bonds is 2. The number of carbonyl (C=O) groups excluding carboxylic acids is 1. The van der Waals surface area contributed by atoms with Crippen LogP contribution in [0, 0.1) is 0 Å². The van der Waals surface area contributed by atoms with E-state index in [2.05, 4.69) is 10.1 Å². The highest BCUT2D eigenvalue weighted by atomic mass is 16.2. The second-order valence-corrected chi connectivity index (χ2v) is 4.71. The molecule has 0 atom stereocenters. The van der Waals surface area contributed by atoms with E-state index >= 15 is 0 Å². The normalized spacial score (nSPS) is 10.7. The zero-order valence-electron chi connectivity index (χ0n) is 11.3. The molecule has 0 bridgehead atoms. The summed E-state index contributed by atoms with van der Waals surface area (Å²) in [6.07, 6.45) is 5.06. The Morgan fingerprint density at radius 3 is 2.75 bits per heavy atom. The molecular weight excluding hydrogens is 252 g/mol. The van der Waals surface area contributed by atoms with Crippen molar-refractivity contribution in [3.05, 3.63) is 54.5 Å². The number of hydrogen-bond donors (Lipinski definition) is 0. The molecular formula is C15H14N4O. The number of amides is 1. The number of fused-ring (bicyclic) bond motifs is 1. The van der Waals surface area contributed by atoms with Crippen LogP contribution in [0.25, 0.3) is 16.6 Å². The third-order valence-corrected chi connectivity index (χ3v) is 3.14. The SMILES string of the molecule is CN(C)C(=O)c1ccncc1-n1ncc2ccccc21. The van der Waals surface area contributed by atoms with Crippen LogP contribution in [0.4, 0.5) is 0 Å². The van der Waals surface area contributed by atoms with Gasteiger partial charge in [-0.3, -0.25) is 9.78 Å². The molecule has 5 nitrogen and oxygen atoms in total. The van der Waals surface area contributed by atoms with Gasteiger partial charge in [-0.1, -0.05) is 18.2 Å². The van der Waals surface area contributed by atoms with Crippen molar-refractivity contribution in [3.63, 3.8) is 0 Å². The number of aromatic nitrogens is 3. The van der Waals surface area contributed by atoms with Gasteiger partial charge in [-0.25, -0.2) is 4.68 Å². The Morgan fingerprint density at radius 2 is 1.95 bits per heavy atom. The van der Waals surface area contributed by atoms with Gasteiger partial charge in [0.25, 0.3) is 5.91 Å². The van der Waals surface area contributed by atoms with Gasteiger partial charge in [-0.15, -0.1) is 0 Å². The van der Waals surface area contributed by atoms with E-state index < -0.39 is 0 Å². The van der Waals surface area contributed by atoms with Crippen LogP contribution in [0.15, 0.2) is 48.9 Å². The highest BCUT2D eigenvalue weighted by Crippen LogP contribution is 2.20. The Labute approximate surface area is 116 Å². The van der Waals surface area contributed by atoms with Crippen molar-refractivity contribution in [3.8, 4) is 5.69 Å². The highest BCUT2D eigenvalue weighted by Gasteiger charge is 2.16. The molecule has 2 heterocycles. The van der Waals surface area contributed by atoms with E-state index in [1.807, 2.05) is 24.3 Å². The van der Waals surface area contributed by atoms with E-state index in [4.69, 9.17) is 0 Å². The molecule has 0 saturated heterocycles. The van der Waals surface area contributed by atoms with Crippen molar-refractivity contribution in [2.75, 3.05) is 14.1 Å². The molecule has 1 amide bonds. The van der Waals surface area contributed by atoms with E-state index in [-0.39, 0.29) is 5.91 Å². The van der Waals surface area contributed by atoms with Crippen molar-refractivity contribution < 1.29 is 4.79 Å². The lowest BCUT2D eigenvalue weighted by Gasteiger charge is -2.14. The van der Waals surface area contributed by atoms with Gasteiger partial charge in [0.05, 0.1) is 29.2 Å². The quantitative estimate of drug-likeness (QED) is 0.714. The van der Waals surface area contributed by atoms with Gasteiger partial charge < -0.3 is 4.90 Å². The summed E-state index contributed by atoms with van der Waals surface area (Å²) < 4.78 is 1.75. The van der Waals surface area contributed by atoms with Crippen molar-refractivity contribution >= 4 is 16.8 Å². The topological polar surface area (TPSA) is 51.0 Å². The number of hydrogen-bond acceptors (Lipinski definition) is 3. The molecule has 0 aliphatic rings. The summed E-state index contributed by atoms with van der Waals surface area (Å²) in [6.45, 7) is 0. The second kappa shape index (κ2) is 4.77. The molecule has 2 aromatic heterocycles.